The van der Waals surface area contributed by atoms with E-state index in [-0.39, 0.29) is 12.1 Å². The fraction of sp³-hybridized carbons (Fsp3) is 0.929. The molecular weight excluding hydrogens is 306 g/mol. The molecule has 0 aromatic rings. The number of esters is 1. The van der Waals surface area contributed by atoms with Crippen LogP contribution in [0.25, 0.3) is 0 Å². The Labute approximate surface area is 134 Å². The first-order valence-electron chi connectivity index (χ1n) is 7.79. The third-order valence-corrected chi connectivity index (χ3v) is 6.56. The second-order valence-electron chi connectivity index (χ2n) is 5.22. The van der Waals surface area contributed by atoms with Crippen molar-refractivity contribution in [3.8, 4) is 0 Å². The van der Waals surface area contributed by atoms with E-state index in [0.717, 1.165) is 38.5 Å². The monoisotopic (exact) mass is 335 g/mol. The number of carbonyl (C=O) groups excluding carboxylic acids is 1. The van der Waals surface area contributed by atoms with Gasteiger partial charge in [0.15, 0.2) is 0 Å². The summed E-state index contributed by atoms with van der Waals surface area (Å²) in [7, 11) is 2.35. The summed E-state index contributed by atoms with van der Waals surface area (Å²) in [4.78, 5) is 11.6. The quantitative estimate of drug-likeness (QED) is 0.323. The van der Waals surface area contributed by atoms with Crippen LogP contribution in [0.4, 0.5) is 0 Å². The molecule has 0 aromatic carbocycles. The fourth-order valence-corrected chi connectivity index (χ4v) is 4.06. The van der Waals surface area contributed by atoms with Crippen LogP contribution in [0, 0.1) is 0 Å². The Balaban J connectivity index is 1.99. The second-order valence-corrected chi connectivity index (χ2v) is 8.31. The predicted molar refractivity (Wildman–Crippen MR) is 83.6 cm³/mol. The molecule has 1 aliphatic heterocycles. The molecule has 130 valence electrons. The molecule has 0 amide bonds. The zero-order chi connectivity index (χ0) is 16.3. The van der Waals surface area contributed by atoms with Crippen LogP contribution in [0.5, 0.6) is 0 Å². The zero-order valence-electron chi connectivity index (χ0n) is 13.9. The highest BCUT2D eigenvalue weighted by atomic mass is 28.4. The van der Waals surface area contributed by atoms with Crippen LogP contribution in [0.3, 0.4) is 0 Å². The molecule has 22 heavy (non-hydrogen) atoms. The highest BCUT2D eigenvalue weighted by molar-refractivity contribution is 6.60. The summed E-state index contributed by atoms with van der Waals surface area (Å²) in [5.74, 6) is -0.183. The van der Waals surface area contributed by atoms with Gasteiger partial charge in [0.2, 0.25) is 0 Å². The van der Waals surface area contributed by atoms with Crippen molar-refractivity contribution in [1.29, 1.82) is 0 Å². The Morgan fingerprint density at radius 1 is 1.23 bits per heavy atom. The average molecular weight is 335 g/mol. The molecular formula is C14H29NO6Si. The highest BCUT2D eigenvalue weighted by Crippen LogP contribution is 2.14. The molecule has 1 unspecified atom stereocenters. The van der Waals surface area contributed by atoms with Crippen molar-refractivity contribution in [2.75, 3.05) is 47.6 Å². The SMILES string of the molecule is CO[Si](CCCNCCC(=O)OCC1CCCO1)(OC)OC. The minimum absolute atomic E-state index is 0.0899. The first-order valence-corrected chi connectivity index (χ1v) is 9.72. The van der Waals surface area contributed by atoms with Gasteiger partial charge in [-0.15, -0.1) is 0 Å². The number of rotatable bonds is 12. The summed E-state index contributed by atoms with van der Waals surface area (Å²) >= 11 is 0. The lowest BCUT2D eigenvalue weighted by atomic mass is 10.2. The van der Waals surface area contributed by atoms with Crippen LogP contribution in [0.2, 0.25) is 6.04 Å². The summed E-state index contributed by atoms with van der Waals surface area (Å²) in [6.07, 6.45) is 3.36. The highest BCUT2D eigenvalue weighted by Gasteiger charge is 2.36. The van der Waals surface area contributed by atoms with Crippen LogP contribution in [0.15, 0.2) is 0 Å². The van der Waals surface area contributed by atoms with E-state index in [0.29, 0.717) is 19.6 Å². The molecule has 0 aliphatic carbocycles. The van der Waals surface area contributed by atoms with E-state index >= 15 is 0 Å². The molecule has 0 saturated carbocycles. The van der Waals surface area contributed by atoms with Gasteiger partial charge in [-0.25, -0.2) is 0 Å². The van der Waals surface area contributed by atoms with E-state index in [9.17, 15) is 4.79 Å². The van der Waals surface area contributed by atoms with E-state index in [4.69, 9.17) is 22.8 Å². The van der Waals surface area contributed by atoms with Gasteiger partial charge in [0, 0.05) is 40.5 Å². The summed E-state index contributed by atoms with van der Waals surface area (Å²) in [6.45, 7) is 2.54. The number of ether oxygens (including phenoxy) is 2. The number of hydrogen-bond donors (Lipinski definition) is 1. The first kappa shape index (κ1) is 19.5. The maximum Gasteiger partial charge on any atom is 0.500 e. The number of nitrogens with one attached hydrogen (secondary N) is 1. The van der Waals surface area contributed by atoms with Crippen LogP contribution >= 0.6 is 0 Å². The number of carbonyl (C=O) groups is 1. The average Bonchev–Trinajstić information content (AvgIpc) is 3.06. The minimum atomic E-state index is -2.47. The third kappa shape index (κ3) is 7.17. The topological polar surface area (TPSA) is 75.3 Å². The summed E-state index contributed by atoms with van der Waals surface area (Å²) in [6, 6.07) is 0.743. The Kier molecular flexibility index (Phi) is 9.85. The van der Waals surface area contributed by atoms with Crippen LogP contribution in [-0.4, -0.2) is 68.5 Å². The molecule has 1 atom stereocenters. The Hall–Kier alpha value is -0.513. The summed E-state index contributed by atoms with van der Waals surface area (Å²) < 4.78 is 26.6. The van der Waals surface area contributed by atoms with Crippen molar-refractivity contribution in [3.63, 3.8) is 0 Å². The predicted octanol–water partition coefficient (Wildman–Crippen LogP) is 0.957. The maximum atomic E-state index is 11.6. The van der Waals surface area contributed by atoms with Gasteiger partial charge < -0.3 is 28.1 Å². The van der Waals surface area contributed by atoms with E-state index in [1.807, 2.05) is 0 Å². The molecule has 1 saturated heterocycles. The molecule has 0 aromatic heterocycles. The lowest BCUT2D eigenvalue weighted by Gasteiger charge is -2.24. The molecule has 1 fully saturated rings. The van der Waals surface area contributed by atoms with Gasteiger partial charge in [-0.2, -0.15) is 0 Å². The van der Waals surface area contributed by atoms with Crippen molar-refractivity contribution >= 4 is 14.8 Å². The lowest BCUT2D eigenvalue weighted by Crippen LogP contribution is -2.43. The molecule has 1 aliphatic rings. The van der Waals surface area contributed by atoms with Gasteiger partial charge in [0.25, 0.3) is 0 Å². The van der Waals surface area contributed by atoms with Crippen LogP contribution in [0.1, 0.15) is 25.7 Å². The van der Waals surface area contributed by atoms with Crippen molar-refractivity contribution in [2.45, 2.75) is 37.8 Å². The molecule has 1 rings (SSSR count). The van der Waals surface area contributed by atoms with E-state index < -0.39 is 8.80 Å². The Bertz CT molecular complexity index is 299. The van der Waals surface area contributed by atoms with Crippen LogP contribution < -0.4 is 5.32 Å². The van der Waals surface area contributed by atoms with E-state index in [2.05, 4.69) is 5.32 Å². The molecule has 1 N–H and O–H groups in total. The molecule has 7 nitrogen and oxygen atoms in total. The molecule has 1 heterocycles. The van der Waals surface area contributed by atoms with Gasteiger partial charge in [-0.05, 0) is 25.8 Å². The van der Waals surface area contributed by atoms with Gasteiger partial charge >= 0.3 is 14.8 Å². The third-order valence-electron chi connectivity index (χ3n) is 3.73. The Morgan fingerprint density at radius 2 is 1.95 bits per heavy atom. The Morgan fingerprint density at radius 3 is 2.55 bits per heavy atom. The minimum Gasteiger partial charge on any atom is -0.463 e. The van der Waals surface area contributed by atoms with E-state index in [1.165, 1.54) is 0 Å². The molecule has 0 spiro atoms. The fourth-order valence-electron chi connectivity index (χ4n) is 2.34. The van der Waals surface area contributed by atoms with E-state index in [1.54, 1.807) is 21.3 Å². The smallest absolute Gasteiger partial charge is 0.463 e. The summed E-state index contributed by atoms with van der Waals surface area (Å²) in [5, 5.41) is 3.21. The molecule has 0 radical (unpaired) electrons. The van der Waals surface area contributed by atoms with Crippen molar-refractivity contribution in [2.24, 2.45) is 0 Å². The lowest BCUT2D eigenvalue weighted by molar-refractivity contribution is -0.146. The van der Waals surface area contributed by atoms with Crippen LogP contribution in [-0.2, 0) is 27.5 Å². The normalized spacial score (nSPS) is 18.6. The van der Waals surface area contributed by atoms with Gasteiger partial charge in [-0.3, -0.25) is 4.79 Å². The largest absolute Gasteiger partial charge is 0.500 e. The van der Waals surface area contributed by atoms with Gasteiger partial charge in [-0.1, -0.05) is 0 Å². The van der Waals surface area contributed by atoms with Crippen molar-refractivity contribution in [1.82, 2.24) is 5.32 Å². The molecule has 0 bridgehead atoms. The molecule has 8 heteroatoms. The maximum absolute atomic E-state index is 11.6. The first-order chi connectivity index (χ1) is 10.7. The van der Waals surface area contributed by atoms with Crippen molar-refractivity contribution < 1.29 is 27.5 Å². The van der Waals surface area contributed by atoms with Gasteiger partial charge in [0.05, 0.1) is 12.5 Å². The second kappa shape index (κ2) is 11.1. The standard InChI is InChI=1S/C14H29NO6Si/c1-17-22(18-2,19-3)11-5-8-15-9-7-14(16)21-12-13-6-4-10-20-13/h13,15H,4-12H2,1-3H3. The van der Waals surface area contributed by atoms with Crippen molar-refractivity contribution in [3.05, 3.63) is 0 Å². The van der Waals surface area contributed by atoms with Gasteiger partial charge in [0.1, 0.15) is 6.61 Å². The zero-order valence-corrected chi connectivity index (χ0v) is 14.9. The summed E-state index contributed by atoms with van der Waals surface area (Å²) in [5.41, 5.74) is 0. The number of hydrogen-bond acceptors (Lipinski definition) is 7.